The van der Waals surface area contributed by atoms with Gasteiger partial charge in [0.05, 0.1) is 0 Å². The van der Waals surface area contributed by atoms with Crippen molar-refractivity contribution in [2.45, 2.75) is 82.9 Å². The van der Waals surface area contributed by atoms with E-state index < -0.39 is 5.97 Å². The number of carbonyl (C=O) groups is 1. The van der Waals surface area contributed by atoms with Crippen molar-refractivity contribution >= 4 is 28.9 Å². The number of aliphatic hydroxyl groups is 2. The van der Waals surface area contributed by atoms with Crippen LogP contribution in [0.3, 0.4) is 0 Å². The van der Waals surface area contributed by atoms with Gasteiger partial charge in [-0.05, 0) is 50.2 Å². The molecule has 2 atom stereocenters. The van der Waals surface area contributed by atoms with Crippen LogP contribution < -0.4 is 0 Å². The van der Waals surface area contributed by atoms with Crippen molar-refractivity contribution in [1.82, 2.24) is 0 Å². The smallest absolute Gasteiger partial charge is 0.345 e. The number of aliphatic hydroxyl groups excluding tert-OH is 2. The third kappa shape index (κ3) is 13.2. The van der Waals surface area contributed by atoms with Crippen LogP contribution in [-0.4, -0.2) is 40.4 Å². The van der Waals surface area contributed by atoms with Gasteiger partial charge in [0.2, 0.25) is 0 Å². The van der Waals surface area contributed by atoms with Crippen LogP contribution in [-0.2, 0) is 6.42 Å². The highest BCUT2D eigenvalue weighted by Gasteiger charge is 2.21. The number of thiophene rings is 1. The third-order valence-corrected chi connectivity index (χ3v) is 6.15. The van der Waals surface area contributed by atoms with E-state index in [2.05, 4.69) is 6.92 Å². The second-order valence-electron chi connectivity index (χ2n) is 6.88. The zero-order valence-electron chi connectivity index (χ0n) is 16.8. The van der Waals surface area contributed by atoms with Crippen molar-refractivity contribution in [3.05, 3.63) is 21.9 Å². The van der Waals surface area contributed by atoms with E-state index in [9.17, 15) is 4.79 Å². The number of hydrogen-bond acceptors (Lipinski definition) is 4. The Labute approximate surface area is 173 Å². The molecule has 1 heterocycles. The Bertz CT molecular complexity index is 479. The van der Waals surface area contributed by atoms with Crippen molar-refractivity contribution in [3.8, 4) is 0 Å². The van der Waals surface area contributed by atoms with Gasteiger partial charge in [0.1, 0.15) is 4.88 Å². The molecule has 1 aromatic heterocycles. The summed E-state index contributed by atoms with van der Waals surface area (Å²) in [6.45, 7) is 2.44. The highest BCUT2D eigenvalue weighted by molar-refractivity contribution is 7.13. The first-order valence-corrected chi connectivity index (χ1v) is 11.3. The summed E-state index contributed by atoms with van der Waals surface area (Å²) in [5.41, 5.74) is 0. The number of rotatable bonds is 10. The highest BCUT2D eigenvalue weighted by Crippen LogP contribution is 2.32. The first kappa shape index (κ1) is 26.4. The number of hydrogen-bond donors (Lipinski definition) is 3. The van der Waals surface area contributed by atoms with Gasteiger partial charge in [-0.1, -0.05) is 45.4 Å². The number of alkyl halides is 1. The summed E-state index contributed by atoms with van der Waals surface area (Å²) in [4.78, 5) is 12.0. The van der Waals surface area contributed by atoms with Gasteiger partial charge in [0.15, 0.2) is 0 Å². The molecule has 1 saturated carbocycles. The molecule has 0 saturated heterocycles. The normalized spacial score (nSPS) is 18.3. The number of aromatic carboxylic acids is 1. The van der Waals surface area contributed by atoms with Gasteiger partial charge >= 0.3 is 5.97 Å². The summed E-state index contributed by atoms with van der Waals surface area (Å²) in [6, 6.07) is 3.55. The van der Waals surface area contributed by atoms with E-state index >= 15 is 0 Å². The summed E-state index contributed by atoms with van der Waals surface area (Å²) in [6.07, 6.45) is 13.4. The van der Waals surface area contributed by atoms with Crippen molar-refractivity contribution in [2.75, 3.05) is 13.7 Å². The topological polar surface area (TPSA) is 77.8 Å². The molecule has 1 aliphatic rings. The van der Waals surface area contributed by atoms with Crippen molar-refractivity contribution < 1.29 is 20.1 Å². The predicted molar refractivity (Wildman–Crippen MR) is 115 cm³/mol. The molecule has 2 rings (SSSR count). The van der Waals surface area contributed by atoms with Crippen LogP contribution in [0.1, 0.15) is 85.7 Å². The van der Waals surface area contributed by atoms with Crippen LogP contribution in [0.15, 0.2) is 12.1 Å². The highest BCUT2D eigenvalue weighted by atomic mass is 35.5. The molecule has 27 heavy (non-hydrogen) atoms. The molecule has 1 aliphatic carbocycles. The lowest BCUT2D eigenvalue weighted by Crippen LogP contribution is -1.95. The van der Waals surface area contributed by atoms with Crippen molar-refractivity contribution in [3.63, 3.8) is 0 Å². The minimum Gasteiger partial charge on any atom is -0.477 e. The Morgan fingerprint density at radius 1 is 1.15 bits per heavy atom. The molecular weight excluding hydrogens is 384 g/mol. The first-order chi connectivity index (χ1) is 13.1. The van der Waals surface area contributed by atoms with Gasteiger partial charge in [-0.3, -0.25) is 0 Å². The monoisotopic (exact) mass is 420 g/mol. The number of carboxylic acid groups (broad SMARTS) is 1. The SMILES string of the molecule is CCCc1ccc(C(=O)O)s1.CO.OCCCCCCC[C@H]1CC[C@@H](Cl)C1. The van der Waals surface area contributed by atoms with Gasteiger partial charge in [-0.25, -0.2) is 4.79 Å². The summed E-state index contributed by atoms with van der Waals surface area (Å²) in [5.74, 6) is 0.0905. The predicted octanol–water partition coefficient (Wildman–Crippen LogP) is 5.73. The summed E-state index contributed by atoms with van der Waals surface area (Å²) >= 11 is 7.43. The third-order valence-electron chi connectivity index (χ3n) is 4.62. The molecule has 0 aromatic carbocycles. The first-order valence-electron chi connectivity index (χ1n) is 10.1. The lowest BCUT2D eigenvalue weighted by molar-refractivity contribution is 0.0702. The fourth-order valence-electron chi connectivity index (χ4n) is 3.22. The van der Waals surface area contributed by atoms with Crippen molar-refractivity contribution in [2.24, 2.45) is 5.92 Å². The van der Waals surface area contributed by atoms with E-state index in [0.717, 1.165) is 37.2 Å². The maximum atomic E-state index is 10.4. The second kappa shape index (κ2) is 17.5. The Morgan fingerprint density at radius 2 is 1.81 bits per heavy atom. The molecule has 0 unspecified atom stereocenters. The van der Waals surface area contributed by atoms with E-state index in [0.29, 0.717) is 16.9 Å². The Kier molecular flexibility index (Phi) is 17.1. The second-order valence-corrected chi connectivity index (χ2v) is 8.66. The van der Waals surface area contributed by atoms with Gasteiger partial charge in [-0.15, -0.1) is 22.9 Å². The lowest BCUT2D eigenvalue weighted by atomic mass is 9.99. The lowest BCUT2D eigenvalue weighted by Gasteiger charge is -2.08. The van der Waals surface area contributed by atoms with Gasteiger partial charge in [0.25, 0.3) is 0 Å². The molecule has 1 fully saturated rings. The maximum absolute atomic E-state index is 10.4. The van der Waals surface area contributed by atoms with E-state index in [1.165, 1.54) is 62.7 Å². The Hall–Kier alpha value is -0.620. The quantitative estimate of drug-likeness (QED) is 0.333. The van der Waals surface area contributed by atoms with E-state index in [4.69, 9.17) is 26.9 Å². The summed E-state index contributed by atoms with van der Waals surface area (Å²) < 4.78 is 0. The number of unbranched alkanes of at least 4 members (excludes halogenated alkanes) is 4. The molecular formula is C21H37ClO4S. The maximum Gasteiger partial charge on any atom is 0.345 e. The summed E-state index contributed by atoms with van der Waals surface area (Å²) in [5, 5.41) is 24.7. The van der Waals surface area contributed by atoms with Crippen LogP contribution >= 0.6 is 22.9 Å². The average molecular weight is 421 g/mol. The zero-order chi connectivity index (χ0) is 20.5. The molecule has 0 bridgehead atoms. The molecule has 158 valence electrons. The molecule has 0 radical (unpaired) electrons. The minimum absolute atomic E-state index is 0.358. The number of halogens is 1. The Morgan fingerprint density at radius 3 is 2.33 bits per heavy atom. The molecule has 0 amide bonds. The van der Waals surface area contributed by atoms with Crippen LogP contribution in [0, 0.1) is 5.92 Å². The van der Waals surface area contributed by atoms with E-state index in [-0.39, 0.29) is 0 Å². The van der Waals surface area contributed by atoms with Gasteiger partial charge in [-0.2, -0.15) is 0 Å². The molecule has 0 aliphatic heterocycles. The summed E-state index contributed by atoms with van der Waals surface area (Å²) in [7, 11) is 1.00. The fourth-order valence-corrected chi connectivity index (χ4v) is 4.55. The van der Waals surface area contributed by atoms with Gasteiger partial charge < -0.3 is 15.3 Å². The molecule has 3 N–H and O–H groups in total. The molecule has 1 aromatic rings. The molecule has 0 spiro atoms. The Balaban J connectivity index is 0.000000469. The largest absolute Gasteiger partial charge is 0.477 e. The minimum atomic E-state index is -0.822. The van der Waals surface area contributed by atoms with E-state index in [1.54, 1.807) is 6.07 Å². The van der Waals surface area contributed by atoms with Crippen LogP contribution in [0.4, 0.5) is 0 Å². The van der Waals surface area contributed by atoms with E-state index in [1.807, 2.05) is 6.07 Å². The molecule has 4 nitrogen and oxygen atoms in total. The fraction of sp³-hybridized carbons (Fsp3) is 0.762. The average Bonchev–Trinajstić information content (AvgIpc) is 3.30. The van der Waals surface area contributed by atoms with Crippen molar-refractivity contribution in [1.29, 1.82) is 0 Å². The molecule has 6 heteroatoms. The number of aryl methyl sites for hydroxylation is 1. The van der Waals surface area contributed by atoms with Crippen LogP contribution in [0.25, 0.3) is 0 Å². The number of carboxylic acids is 1. The van der Waals surface area contributed by atoms with Crippen LogP contribution in [0.2, 0.25) is 0 Å². The standard InChI is InChI=1S/C12H23ClO.C8H10O2S.CH4O/c13-12-8-7-11(10-12)6-4-2-1-3-5-9-14;1-2-3-6-4-5-7(11-6)8(9)10;1-2/h11-12,14H,1-10H2;4-5H,2-3H2,1H3,(H,9,10);2H,1H3/t11-,12+;;/m0../s1. The zero-order valence-corrected chi connectivity index (χ0v) is 18.4. The van der Waals surface area contributed by atoms with Gasteiger partial charge in [0, 0.05) is 24.0 Å². The van der Waals surface area contributed by atoms with Crippen LogP contribution in [0.5, 0.6) is 0 Å².